The van der Waals surface area contributed by atoms with Crippen LogP contribution in [0.25, 0.3) is 0 Å². The molecule has 148 valence electrons. The summed E-state index contributed by atoms with van der Waals surface area (Å²) in [7, 11) is -1.07. The van der Waals surface area contributed by atoms with Crippen molar-refractivity contribution < 1.29 is 19.0 Å². The van der Waals surface area contributed by atoms with Crippen LogP contribution in [0.15, 0.2) is 12.4 Å². The van der Waals surface area contributed by atoms with Gasteiger partial charge in [-0.25, -0.2) is 9.48 Å². The van der Waals surface area contributed by atoms with Gasteiger partial charge in [0.25, 0.3) is 0 Å². The number of amides is 1. The molecule has 0 bridgehead atoms. The minimum absolute atomic E-state index is 0.0567. The predicted molar refractivity (Wildman–Crippen MR) is 103 cm³/mol. The van der Waals surface area contributed by atoms with Crippen LogP contribution in [0.4, 0.5) is 4.79 Å². The Balaban J connectivity index is 1.70. The summed E-state index contributed by atoms with van der Waals surface area (Å²) in [5, 5.41) is 4.25. The fourth-order valence-corrected chi connectivity index (χ4v) is 3.15. The van der Waals surface area contributed by atoms with E-state index in [1.54, 1.807) is 15.8 Å². The van der Waals surface area contributed by atoms with Crippen LogP contribution in [-0.2, 0) is 16.2 Å². The second-order valence-electron chi connectivity index (χ2n) is 8.99. The lowest BCUT2D eigenvalue weighted by atomic mass is 10.1. The van der Waals surface area contributed by atoms with Crippen LogP contribution >= 0.6 is 0 Å². The van der Waals surface area contributed by atoms with Gasteiger partial charge in [0, 0.05) is 21.2 Å². The number of hydrogen-bond acceptors (Lipinski definition) is 5. The Morgan fingerprint density at radius 2 is 2.08 bits per heavy atom. The molecule has 1 aliphatic rings. The van der Waals surface area contributed by atoms with Crippen molar-refractivity contribution in [3.8, 4) is 5.75 Å². The Hall–Kier alpha value is -1.54. The van der Waals surface area contributed by atoms with Crippen molar-refractivity contribution in [2.75, 3.05) is 19.8 Å². The summed E-state index contributed by atoms with van der Waals surface area (Å²) in [4.78, 5) is 13.8. The van der Waals surface area contributed by atoms with Crippen LogP contribution in [-0.4, -0.2) is 60.2 Å². The first-order valence-electron chi connectivity index (χ1n) is 9.26. The lowest BCUT2D eigenvalue weighted by Crippen LogP contribution is -2.55. The number of carbonyl (C=O) groups excluding carboxylic acids is 1. The van der Waals surface area contributed by atoms with Gasteiger partial charge in [0.2, 0.25) is 0 Å². The number of ether oxygens (including phenoxy) is 3. The fraction of sp³-hybridized carbons (Fsp3) is 0.778. The van der Waals surface area contributed by atoms with Gasteiger partial charge < -0.3 is 19.1 Å². The molecular formula is C18H33N3O4Si. The van der Waals surface area contributed by atoms with E-state index in [1.807, 2.05) is 27.0 Å². The molecule has 0 aromatic carbocycles. The number of nitrogens with zero attached hydrogens (tertiary/aromatic N) is 3. The summed E-state index contributed by atoms with van der Waals surface area (Å²) in [6.45, 7) is 15.0. The third-order valence-electron chi connectivity index (χ3n) is 4.04. The van der Waals surface area contributed by atoms with Crippen molar-refractivity contribution in [3.05, 3.63) is 12.4 Å². The molecule has 2 rings (SSSR count). The Bertz CT molecular complexity index is 592. The molecule has 1 aromatic heterocycles. The molecule has 26 heavy (non-hydrogen) atoms. The van der Waals surface area contributed by atoms with Crippen LogP contribution < -0.4 is 4.74 Å². The highest BCUT2D eigenvalue weighted by Crippen LogP contribution is 2.22. The molecule has 8 heteroatoms. The first-order chi connectivity index (χ1) is 12.0. The smallest absolute Gasteiger partial charge is 0.410 e. The zero-order valence-electron chi connectivity index (χ0n) is 16.9. The normalized spacial score (nSPS) is 17.8. The standard InChI is InChI=1S/C18H33N3O4Si/c1-18(2,3)25-17(22)21-8-7-15(21)13-24-16-11-19-20(12-16)14-23-9-10-26(4,5)6/h11-12,15H,7-10,13-14H2,1-6H3/t15-/m1/s1. The Labute approximate surface area is 157 Å². The molecule has 1 fully saturated rings. The maximum atomic E-state index is 12.1. The molecule has 1 saturated heterocycles. The van der Waals surface area contributed by atoms with E-state index in [2.05, 4.69) is 24.7 Å². The highest BCUT2D eigenvalue weighted by molar-refractivity contribution is 6.76. The molecule has 0 unspecified atom stereocenters. The maximum absolute atomic E-state index is 12.1. The molecule has 1 aliphatic heterocycles. The molecule has 1 aromatic rings. The van der Waals surface area contributed by atoms with E-state index in [0.29, 0.717) is 25.6 Å². The third-order valence-corrected chi connectivity index (χ3v) is 5.75. The van der Waals surface area contributed by atoms with Gasteiger partial charge >= 0.3 is 6.09 Å². The second kappa shape index (κ2) is 8.43. The van der Waals surface area contributed by atoms with Crippen molar-refractivity contribution in [1.82, 2.24) is 14.7 Å². The maximum Gasteiger partial charge on any atom is 0.410 e. The SMILES string of the molecule is CC(C)(C)OC(=O)N1CC[C@@H]1COc1cnn(COCC[Si](C)(C)C)c1. The molecule has 0 N–H and O–H groups in total. The monoisotopic (exact) mass is 383 g/mol. The summed E-state index contributed by atoms with van der Waals surface area (Å²) in [6, 6.07) is 1.20. The zero-order chi connectivity index (χ0) is 19.4. The lowest BCUT2D eigenvalue weighted by Gasteiger charge is -2.40. The van der Waals surface area contributed by atoms with E-state index in [9.17, 15) is 4.79 Å². The van der Waals surface area contributed by atoms with Gasteiger partial charge in [0.05, 0.1) is 18.4 Å². The Morgan fingerprint density at radius 3 is 2.65 bits per heavy atom. The van der Waals surface area contributed by atoms with Gasteiger partial charge in [-0.05, 0) is 33.2 Å². The third kappa shape index (κ3) is 6.99. The molecule has 2 heterocycles. The first-order valence-corrected chi connectivity index (χ1v) is 13.0. The van der Waals surface area contributed by atoms with E-state index in [1.165, 1.54) is 0 Å². The zero-order valence-corrected chi connectivity index (χ0v) is 17.9. The molecule has 7 nitrogen and oxygen atoms in total. The number of carbonyl (C=O) groups is 1. The van der Waals surface area contributed by atoms with Gasteiger partial charge in [-0.1, -0.05) is 19.6 Å². The van der Waals surface area contributed by atoms with Crippen LogP contribution in [0.3, 0.4) is 0 Å². The largest absolute Gasteiger partial charge is 0.488 e. The van der Waals surface area contributed by atoms with Crippen molar-refractivity contribution in [2.24, 2.45) is 0 Å². The number of rotatable bonds is 8. The quantitative estimate of drug-likeness (QED) is 0.507. The molecule has 1 amide bonds. The van der Waals surface area contributed by atoms with E-state index in [0.717, 1.165) is 19.1 Å². The molecule has 0 radical (unpaired) electrons. The summed E-state index contributed by atoms with van der Waals surface area (Å²) in [6.07, 6.45) is 4.15. The first kappa shape index (κ1) is 20.8. The second-order valence-corrected chi connectivity index (χ2v) is 14.6. The average Bonchev–Trinajstić information content (AvgIpc) is 2.87. The van der Waals surface area contributed by atoms with Crippen LogP contribution in [0.2, 0.25) is 25.7 Å². The minimum Gasteiger partial charge on any atom is -0.488 e. The molecule has 0 aliphatic carbocycles. The topological polar surface area (TPSA) is 65.8 Å². The Kier molecular flexibility index (Phi) is 6.73. The molecular weight excluding hydrogens is 350 g/mol. The van der Waals surface area contributed by atoms with Crippen molar-refractivity contribution in [1.29, 1.82) is 0 Å². The van der Waals surface area contributed by atoms with Crippen LogP contribution in [0.1, 0.15) is 27.2 Å². The van der Waals surface area contributed by atoms with Gasteiger partial charge in [-0.15, -0.1) is 0 Å². The van der Waals surface area contributed by atoms with Crippen molar-refractivity contribution >= 4 is 14.2 Å². The highest BCUT2D eigenvalue weighted by atomic mass is 28.3. The van der Waals surface area contributed by atoms with Gasteiger partial charge in [-0.3, -0.25) is 0 Å². The molecule has 0 spiro atoms. The fourth-order valence-electron chi connectivity index (χ4n) is 2.39. The van der Waals surface area contributed by atoms with Crippen LogP contribution in [0, 0.1) is 0 Å². The number of likely N-dealkylation sites (tertiary alicyclic amines) is 1. The van der Waals surface area contributed by atoms with E-state index < -0.39 is 13.7 Å². The molecule has 0 saturated carbocycles. The predicted octanol–water partition coefficient (Wildman–Crippen LogP) is 3.58. The van der Waals surface area contributed by atoms with Gasteiger partial charge in [0.15, 0.2) is 5.75 Å². The van der Waals surface area contributed by atoms with E-state index >= 15 is 0 Å². The summed E-state index contributed by atoms with van der Waals surface area (Å²) < 4.78 is 18.6. The summed E-state index contributed by atoms with van der Waals surface area (Å²) in [5.41, 5.74) is -0.477. The van der Waals surface area contributed by atoms with Gasteiger partial charge in [0.1, 0.15) is 18.9 Å². The van der Waals surface area contributed by atoms with Gasteiger partial charge in [-0.2, -0.15) is 5.10 Å². The average molecular weight is 384 g/mol. The van der Waals surface area contributed by atoms with Crippen LogP contribution in [0.5, 0.6) is 5.75 Å². The summed E-state index contributed by atoms with van der Waals surface area (Å²) in [5.74, 6) is 0.690. The lowest BCUT2D eigenvalue weighted by molar-refractivity contribution is -0.0141. The number of aromatic nitrogens is 2. The summed E-state index contributed by atoms with van der Waals surface area (Å²) >= 11 is 0. The Morgan fingerprint density at radius 1 is 1.35 bits per heavy atom. The van der Waals surface area contributed by atoms with E-state index in [4.69, 9.17) is 14.2 Å². The van der Waals surface area contributed by atoms with E-state index in [-0.39, 0.29) is 12.1 Å². The minimum atomic E-state index is -1.07. The highest BCUT2D eigenvalue weighted by Gasteiger charge is 2.35. The van der Waals surface area contributed by atoms with Crippen molar-refractivity contribution in [3.63, 3.8) is 0 Å². The molecule has 1 atom stereocenters. The number of hydrogen-bond donors (Lipinski definition) is 0. The van der Waals surface area contributed by atoms with Crippen molar-refractivity contribution in [2.45, 2.75) is 71.3 Å².